The Morgan fingerprint density at radius 3 is 2.67 bits per heavy atom. The minimum atomic E-state index is -0.556. The second-order valence-electron chi connectivity index (χ2n) is 4.69. The molecule has 3 rings (SSSR count). The van der Waals surface area contributed by atoms with Gasteiger partial charge >= 0.3 is 0 Å². The van der Waals surface area contributed by atoms with Gasteiger partial charge in [0.1, 0.15) is 23.0 Å². The topological polar surface area (TPSA) is 25.2 Å². The lowest BCUT2D eigenvalue weighted by atomic mass is 10.0. The molecule has 5 heteroatoms. The maximum absolute atomic E-state index is 14.0. The molecule has 2 nitrogen and oxygen atoms in total. The summed E-state index contributed by atoms with van der Waals surface area (Å²) in [6, 6.07) is 10.3. The molecule has 0 aliphatic rings. The third kappa shape index (κ3) is 2.59. The first-order valence-electron chi connectivity index (χ1n) is 6.40. The summed E-state index contributed by atoms with van der Waals surface area (Å²) in [5.41, 5.74) is 0.900. The molecule has 0 aliphatic heterocycles. The Labute approximate surface area is 128 Å². The molecular formula is C16H12BrF2NO. The van der Waals surface area contributed by atoms with Gasteiger partial charge < -0.3 is 9.73 Å². The summed E-state index contributed by atoms with van der Waals surface area (Å²) in [5.74, 6) is -0.428. The van der Waals surface area contributed by atoms with E-state index in [1.807, 2.05) is 24.3 Å². The molecule has 0 radical (unpaired) electrons. The van der Waals surface area contributed by atoms with Gasteiger partial charge in [-0.05, 0) is 53.3 Å². The second-order valence-corrected chi connectivity index (χ2v) is 5.55. The minimum Gasteiger partial charge on any atom is -0.458 e. The molecule has 1 aromatic heterocycles. The lowest BCUT2D eigenvalue weighted by Crippen LogP contribution is -2.18. The first kappa shape index (κ1) is 14.2. The number of hydrogen-bond donors (Lipinski definition) is 1. The Hall–Kier alpha value is -1.72. The van der Waals surface area contributed by atoms with Gasteiger partial charge in [0.2, 0.25) is 0 Å². The number of halogens is 3. The smallest absolute Gasteiger partial charge is 0.148 e. The van der Waals surface area contributed by atoms with Crippen LogP contribution in [0.25, 0.3) is 11.0 Å². The summed E-state index contributed by atoms with van der Waals surface area (Å²) in [4.78, 5) is 0. The molecule has 21 heavy (non-hydrogen) atoms. The first-order chi connectivity index (χ1) is 10.1. The summed E-state index contributed by atoms with van der Waals surface area (Å²) < 4.78 is 34.0. The van der Waals surface area contributed by atoms with E-state index in [2.05, 4.69) is 21.2 Å². The van der Waals surface area contributed by atoms with Crippen LogP contribution in [0, 0.1) is 11.6 Å². The van der Waals surface area contributed by atoms with Gasteiger partial charge in [0.15, 0.2) is 0 Å². The van der Waals surface area contributed by atoms with Crippen LogP contribution in [-0.2, 0) is 0 Å². The SMILES string of the molecule is CNC(c1cc2cccc(Br)c2o1)c1cc(F)ccc1F. The Kier molecular flexibility index (Phi) is 3.78. The first-order valence-corrected chi connectivity index (χ1v) is 7.19. The average Bonchev–Trinajstić information content (AvgIpc) is 2.89. The third-order valence-electron chi connectivity index (χ3n) is 3.36. The van der Waals surface area contributed by atoms with E-state index in [9.17, 15) is 8.78 Å². The maximum atomic E-state index is 14.0. The van der Waals surface area contributed by atoms with Crippen LogP contribution in [0.1, 0.15) is 17.4 Å². The number of furan rings is 1. The molecule has 0 spiro atoms. The van der Waals surface area contributed by atoms with Crippen molar-refractivity contribution in [3.63, 3.8) is 0 Å². The molecule has 0 saturated heterocycles. The molecule has 108 valence electrons. The minimum absolute atomic E-state index is 0.215. The molecule has 0 aliphatic carbocycles. The van der Waals surface area contributed by atoms with Gasteiger partial charge in [0.25, 0.3) is 0 Å². The number of nitrogens with one attached hydrogen (secondary N) is 1. The summed E-state index contributed by atoms with van der Waals surface area (Å²) in [7, 11) is 1.68. The van der Waals surface area contributed by atoms with Crippen molar-refractivity contribution in [2.75, 3.05) is 7.05 Å². The third-order valence-corrected chi connectivity index (χ3v) is 3.98. The quantitative estimate of drug-likeness (QED) is 0.734. The Morgan fingerprint density at radius 1 is 1.14 bits per heavy atom. The molecule has 1 atom stereocenters. The van der Waals surface area contributed by atoms with E-state index in [0.29, 0.717) is 11.3 Å². The number of fused-ring (bicyclic) bond motifs is 1. The van der Waals surface area contributed by atoms with Crippen molar-refractivity contribution in [3.05, 3.63) is 69.9 Å². The van der Waals surface area contributed by atoms with Crippen molar-refractivity contribution >= 4 is 26.9 Å². The lowest BCUT2D eigenvalue weighted by Gasteiger charge is -2.14. The average molecular weight is 352 g/mol. The molecule has 0 amide bonds. The van der Waals surface area contributed by atoms with Crippen LogP contribution in [0.5, 0.6) is 0 Å². The summed E-state index contributed by atoms with van der Waals surface area (Å²) in [6.45, 7) is 0. The standard InChI is InChI=1S/C16H12BrF2NO/c1-20-15(11-8-10(18)5-6-13(11)19)14-7-9-3-2-4-12(17)16(9)21-14/h2-8,15,20H,1H3. The molecular weight excluding hydrogens is 340 g/mol. The van der Waals surface area contributed by atoms with Crippen molar-refractivity contribution in [2.45, 2.75) is 6.04 Å². The van der Waals surface area contributed by atoms with Gasteiger partial charge in [0.05, 0.1) is 10.5 Å². The number of benzene rings is 2. The monoisotopic (exact) mass is 351 g/mol. The lowest BCUT2D eigenvalue weighted by molar-refractivity contribution is 0.472. The van der Waals surface area contributed by atoms with E-state index < -0.39 is 17.7 Å². The predicted molar refractivity (Wildman–Crippen MR) is 81.2 cm³/mol. The highest BCUT2D eigenvalue weighted by Gasteiger charge is 2.21. The van der Waals surface area contributed by atoms with Crippen LogP contribution in [-0.4, -0.2) is 7.05 Å². The molecule has 2 aromatic carbocycles. The van der Waals surface area contributed by atoms with Gasteiger partial charge in [-0.25, -0.2) is 8.78 Å². The molecule has 1 N–H and O–H groups in total. The molecule has 1 unspecified atom stereocenters. The fraction of sp³-hybridized carbons (Fsp3) is 0.125. The molecule has 0 fully saturated rings. The van der Waals surface area contributed by atoms with Crippen LogP contribution in [0.15, 0.2) is 51.4 Å². The number of hydrogen-bond acceptors (Lipinski definition) is 2. The molecule has 3 aromatic rings. The Balaban J connectivity index is 2.13. The Bertz CT molecular complexity index is 800. The van der Waals surface area contributed by atoms with Gasteiger partial charge in [-0.15, -0.1) is 0 Å². The Morgan fingerprint density at radius 2 is 1.95 bits per heavy atom. The van der Waals surface area contributed by atoms with Crippen LogP contribution >= 0.6 is 15.9 Å². The van der Waals surface area contributed by atoms with E-state index in [1.165, 1.54) is 6.07 Å². The molecule has 0 bridgehead atoms. The number of para-hydroxylation sites is 1. The largest absolute Gasteiger partial charge is 0.458 e. The van der Waals surface area contributed by atoms with E-state index in [0.717, 1.165) is 22.0 Å². The van der Waals surface area contributed by atoms with E-state index in [4.69, 9.17) is 4.42 Å². The normalized spacial score (nSPS) is 12.8. The van der Waals surface area contributed by atoms with Gasteiger partial charge in [-0.1, -0.05) is 12.1 Å². The van der Waals surface area contributed by atoms with Crippen molar-refractivity contribution in [2.24, 2.45) is 0 Å². The fourth-order valence-electron chi connectivity index (χ4n) is 2.38. The van der Waals surface area contributed by atoms with Crippen molar-refractivity contribution in [1.82, 2.24) is 5.32 Å². The van der Waals surface area contributed by atoms with Gasteiger partial charge in [-0.3, -0.25) is 0 Å². The van der Waals surface area contributed by atoms with Crippen LogP contribution in [0.3, 0.4) is 0 Å². The zero-order chi connectivity index (χ0) is 15.0. The highest BCUT2D eigenvalue weighted by molar-refractivity contribution is 9.10. The molecule has 0 saturated carbocycles. The van der Waals surface area contributed by atoms with Crippen LogP contribution in [0.2, 0.25) is 0 Å². The summed E-state index contributed by atoms with van der Waals surface area (Å²) in [5, 5.41) is 3.87. The van der Waals surface area contributed by atoms with Crippen molar-refractivity contribution in [1.29, 1.82) is 0 Å². The van der Waals surface area contributed by atoms with Crippen molar-refractivity contribution < 1.29 is 13.2 Å². The van der Waals surface area contributed by atoms with E-state index in [1.54, 1.807) is 7.05 Å². The van der Waals surface area contributed by atoms with Gasteiger partial charge in [0, 0.05) is 10.9 Å². The van der Waals surface area contributed by atoms with Crippen LogP contribution < -0.4 is 5.32 Å². The van der Waals surface area contributed by atoms with E-state index >= 15 is 0 Å². The second kappa shape index (κ2) is 5.58. The zero-order valence-corrected chi connectivity index (χ0v) is 12.7. The van der Waals surface area contributed by atoms with Gasteiger partial charge in [-0.2, -0.15) is 0 Å². The molecule has 1 heterocycles. The predicted octanol–water partition coefficient (Wildman–Crippen LogP) is 4.78. The maximum Gasteiger partial charge on any atom is 0.148 e. The highest BCUT2D eigenvalue weighted by atomic mass is 79.9. The summed E-state index contributed by atoms with van der Waals surface area (Å²) >= 11 is 3.42. The highest BCUT2D eigenvalue weighted by Crippen LogP contribution is 2.33. The summed E-state index contributed by atoms with van der Waals surface area (Å²) in [6.07, 6.45) is 0. The number of rotatable bonds is 3. The fourth-order valence-corrected chi connectivity index (χ4v) is 2.84. The van der Waals surface area contributed by atoms with E-state index in [-0.39, 0.29) is 5.56 Å². The van der Waals surface area contributed by atoms with Crippen LogP contribution in [0.4, 0.5) is 8.78 Å². The van der Waals surface area contributed by atoms with Crippen molar-refractivity contribution in [3.8, 4) is 0 Å². The zero-order valence-electron chi connectivity index (χ0n) is 11.2.